The average molecular weight is 229 g/mol. The highest BCUT2D eigenvalue weighted by atomic mass is 16.5. The maximum Gasteiger partial charge on any atom is 0.293 e. The Morgan fingerprint density at radius 1 is 1.25 bits per heavy atom. The second-order valence-electron chi connectivity index (χ2n) is 5.31. The molecule has 1 saturated carbocycles. The number of nitrogens with one attached hydrogen (secondary N) is 1. The van der Waals surface area contributed by atoms with Crippen molar-refractivity contribution in [2.75, 3.05) is 6.73 Å². The number of hydrogen-bond acceptors (Lipinski definition) is 4. The predicted octanol–water partition coefficient (Wildman–Crippen LogP) is 1.83. The fourth-order valence-corrected chi connectivity index (χ4v) is 1.86. The minimum absolute atomic E-state index is 0.0924. The second-order valence-corrected chi connectivity index (χ2v) is 5.31. The zero-order chi connectivity index (χ0) is 12.0. The Kier molecular flexibility index (Phi) is 5.22. The Hall–Kier alpha value is -0.610. The molecule has 0 saturated heterocycles. The third kappa shape index (κ3) is 5.47. The SMILES string of the molecule is CC(C)(C)OCNC1CCC(OC=O)CC1. The lowest BCUT2D eigenvalue weighted by Crippen LogP contribution is -2.38. The van der Waals surface area contributed by atoms with E-state index in [1.54, 1.807) is 0 Å². The molecule has 0 atom stereocenters. The van der Waals surface area contributed by atoms with Gasteiger partial charge in [-0.3, -0.25) is 10.1 Å². The third-order valence-electron chi connectivity index (χ3n) is 2.80. The Labute approximate surface area is 97.7 Å². The van der Waals surface area contributed by atoms with Gasteiger partial charge < -0.3 is 9.47 Å². The molecule has 1 rings (SSSR count). The van der Waals surface area contributed by atoms with E-state index in [0.717, 1.165) is 25.7 Å². The van der Waals surface area contributed by atoms with Crippen LogP contribution in [0.3, 0.4) is 0 Å². The summed E-state index contributed by atoms with van der Waals surface area (Å²) >= 11 is 0. The molecule has 1 aliphatic rings. The Bertz CT molecular complexity index is 205. The second kappa shape index (κ2) is 6.21. The minimum Gasteiger partial charge on any atom is -0.465 e. The van der Waals surface area contributed by atoms with Gasteiger partial charge in [-0.15, -0.1) is 0 Å². The minimum atomic E-state index is -0.0924. The van der Waals surface area contributed by atoms with Crippen LogP contribution < -0.4 is 5.32 Å². The highest BCUT2D eigenvalue weighted by Crippen LogP contribution is 2.20. The standard InChI is InChI=1S/C12H23NO3/c1-12(2,3)16-8-13-10-4-6-11(7-5-10)15-9-14/h9-11,13H,4-8H2,1-3H3. The van der Waals surface area contributed by atoms with E-state index in [-0.39, 0.29) is 11.7 Å². The molecular formula is C12H23NO3. The van der Waals surface area contributed by atoms with Crippen molar-refractivity contribution in [3.63, 3.8) is 0 Å². The summed E-state index contributed by atoms with van der Waals surface area (Å²) in [6, 6.07) is 0.494. The molecule has 1 fully saturated rings. The number of hydrogen-bond donors (Lipinski definition) is 1. The van der Waals surface area contributed by atoms with E-state index >= 15 is 0 Å². The summed E-state index contributed by atoms with van der Waals surface area (Å²) < 4.78 is 10.6. The van der Waals surface area contributed by atoms with Gasteiger partial charge in [-0.2, -0.15) is 0 Å². The molecule has 0 heterocycles. The highest BCUT2D eigenvalue weighted by Gasteiger charge is 2.21. The number of carbonyl (C=O) groups is 1. The zero-order valence-electron chi connectivity index (χ0n) is 10.5. The summed E-state index contributed by atoms with van der Waals surface area (Å²) in [5, 5.41) is 3.37. The van der Waals surface area contributed by atoms with E-state index in [1.807, 2.05) is 20.8 Å². The molecule has 1 aliphatic carbocycles. The van der Waals surface area contributed by atoms with Crippen molar-refractivity contribution in [3.8, 4) is 0 Å². The van der Waals surface area contributed by atoms with Crippen LogP contribution in [0.4, 0.5) is 0 Å². The van der Waals surface area contributed by atoms with E-state index in [4.69, 9.17) is 9.47 Å². The van der Waals surface area contributed by atoms with Crippen molar-refractivity contribution in [1.29, 1.82) is 0 Å². The van der Waals surface area contributed by atoms with Crippen molar-refractivity contribution in [2.24, 2.45) is 0 Å². The van der Waals surface area contributed by atoms with Crippen LogP contribution in [-0.2, 0) is 14.3 Å². The molecule has 0 aromatic carbocycles. The van der Waals surface area contributed by atoms with Gasteiger partial charge in [0.05, 0.1) is 12.3 Å². The first-order valence-corrected chi connectivity index (χ1v) is 5.98. The summed E-state index contributed by atoms with van der Waals surface area (Å²) in [5.41, 5.74) is -0.0924. The molecule has 1 N–H and O–H groups in total. The van der Waals surface area contributed by atoms with Gasteiger partial charge in [0, 0.05) is 6.04 Å². The van der Waals surface area contributed by atoms with Crippen molar-refractivity contribution < 1.29 is 14.3 Å². The van der Waals surface area contributed by atoms with E-state index < -0.39 is 0 Å². The number of carbonyl (C=O) groups excluding carboxylic acids is 1. The van der Waals surface area contributed by atoms with Crippen LogP contribution in [0.15, 0.2) is 0 Å². The van der Waals surface area contributed by atoms with Crippen molar-refractivity contribution in [2.45, 2.75) is 64.2 Å². The average Bonchev–Trinajstić information content (AvgIpc) is 2.19. The normalized spacial score (nSPS) is 26.4. The van der Waals surface area contributed by atoms with Crippen LogP contribution in [0.1, 0.15) is 46.5 Å². The molecule has 0 aliphatic heterocycles. The monoisotopic (exact) mass is 229 g/mol. The third-order valence-corrected chi connectivity index (χ3v) is 2.80. The summed E-state index contributed by atoms with van der Waals surface area (Å²) in [7, 11) is 0. The van der Waals surface area contributed by atoms with Crippen LogP contribution in [0.25, 0.3) is 0 Å². The van der Waals surface area contributed by atoms with Gasteiger partial charge in [-0.05, 0) is 46.5 Å². The first-order valence-electron chi connectivity index (χ1n) is 5.98. The van der Waals surface area contributed by atoms with Gasteiger partial charge in [0.15, 0.2) is 0 Å². The molecule has 0 aromatic heterocycles. The smallest absolute Gasteiger partial charge is 0.293 e. The van der Waals surface area contributed by atoms with E-state index in [1.165, 1.54) is 0 Å². The van der Waals surface area contributed by atoms with Gasteiger partial charge in [0.25, 0.3) is 6.47 Å². The van der Waals surface area contributed by atoms with Gasteiger partial charge in [-0.1, -0.05) is 0 Å². The molecule has 0 aromatic rings. The van der Waals surface area contributed by atoms with Crippen molar-refractivity contribution in [1.82, 2.24) is 5.32 Å². The Morgan fingerprint density at radius 3 is 2.38 bits per heavy atom. The molecule has 0 spiro atoms. The molecule has 0 bridgehead atoms. The molecule has 16 heavy (non-hydrogen) atoms. The van der Waals surface area contributed by atoms with E-state index in [9.17, 15) is 4.79 Å². The van der Waals surface area contributed by atoms with Crippen LogP contribution >= 0.6 is 0 Å². The van der Waals surface area contributed by atoms with Gasteiger partial charge in [0.1, 0.15) is 6.10 Å². The van der Waals surface area contributed by atoms with Crippen LogP contribution in [0.2, 0.25) is 0 Å². The zero-order valence-corrected chi connectivity index (χ0v) is 10.5. The molecule has 0 amide bonds. The predicted molar refractivity (Wildman–Crippen MR) is 62.0 cm³/mol. The summed E-state index contributed by atoms with van der Waals surface area (Å²) in [4.78, 5) is 10.2. The Morgan fingerprint density at radius 2 is 1.88 bits per heavy atom. The van der Waals surface area contributed by atoms with E-state index in [2.05, 4.69) is 5.32 Å². The Balaban J connectivity index is 2.10. The maximum absolute atomic E-state index is 10.2. The van der Waals surface area contributed by atoms with Gasteiger partial charge in [-0.25, -0.2) is 0 Å². The largest absolute Gasteiger partial charge is 0.465 e. The number of ether oxygens (including phenoxy) is 2. The molecule has 94 valence electrons. The van der Waals surface area contributed by atoms with Crippen LogP contribution in [0, 0.1) is 0 Å². The number of rotatable bonds is 5. The molecular weight excluding hydrogens is 206 g/mol. The summed E-state index contributed by atoms with van der Waals surface area (Å²) in [5.74, 6) is 0. The molecule has 4 heteroatoms. The quantitative estimate of drug-likeness (QED) is 0.577. The summed E-state index contributed by atoms with van der Waals surface area (Å²) in [6.45, 7) is 7.28. The molecule has 4 nitrogen and oxygen atoms in total. The van der Waals surface area contributed by atoms with Crippen LogP contribution in [-0.4, -0.2) is 30.9 Å². The molecule has 0 radical (unpaired) electrons. The van der Waals surface area contributed by atoms with Gasteiger partial charge >= 0.3 is 0 Å². The lowest BCUT2D eigenvalue weighted by Gasteiger charge is -2.29. The maximum atomic E-state index is 10.2. The first-order chi connectivity index (χ1) is 7.51. The summed E-state index contributed by atoms with van der Waals surface area (Å²) in [6.07, 6.45) is 4.12. The fraction of sp³-hybridized carbons (Fsp3) is 0.917. The van der Waals surface area contributed by atoms with E-state index in [0.29, 0.717) is 19.2 Å². The van der Waals surface area contributed by atoms with Gasteiger partial charge in [0.2, 0.25) is 0 Å². The van der Waals surface area contributed by atoms with Crippen molar-refractivity contribution in [3.05, 3.63) is 0 Å². The van der Waals surface area contributed by atoms with Crippen LogP contribution in [0.5, 0.6) is 0 Å². The topological polar surface area (TPSA) is 47.6 Å². The molecule has 0 unspecified atom stereocenters. The first kappa shape index (κ1) is 13.5. The highest BCUT2D eigenvalue weighted by molar-refractivity contribution is 5.37. The lowest BCUT2D eigenvalue weighted by atomic mass is 9.93. The fourth-order valence-electron chi connectivity index (χ4n) is 1.86. The lowest BCUT2D eigenvalue weighted by molar-refractivity contribution is -0.135. The van der Waals surface area contributed by atoms with Crippen molar-refractivity contribution >= 4 is 6.47 Å².